The quantitative estimate of drug-likeness (QED) is 0.338. The summed E-state index contributed by atoms with van der Waals surface area (Å²) in [7, 11) is -7.79. The molecule has 1 saturated carbocycles. The monoisotopic (exact) mass is 617 g/mol. The normalized spacial score (nSPS) is 17.0. The molecule has 0 bridgehead atoms. The highest BCUT2D eigenvalue weighted by Gasteiger charge is 2.41. The van der Waals surface area contributed by atoms with E-state index in [1.54, 1.807) is 29.2 Å². The molecular formula is C30H33F2N3O5S2. The third-order valence-corrected chi connectivity index (χ3v) is 11.6. The van der Waals surface area contributed by atoms with E-state index >= 15 is 0 Å². The number of carbonyl (C=O) groups excluding carboxylic acids is 1. The maximum atomic E-state index is 13.9. The Bertz CT molecular complexity index is 1620. The van der Waals surface area contributed by atoms with E-state index in [-0.39, 0.29) is 48.1 Å². The summed E-state index contributed by atoms with van der Waals surface area (Å²) in [4.78, 5) is 15.6. The van der Waals surface area contributed by atoms with Gasteiger partial charge in [0.25, 0.3) is 0 Å². The van der Waals surface area contributed by atoms with Crippen LogP contribution < -0.4 is 0 Å². The summed E-state index contributed by atoms with van der Waals surface area (Å²) in [5.41, 5.74) is 1.59. The van der Waals surface area contributed by atoms with Gasteiger partial charge < -0.3 is 4.90 Å². The van der Waals surface area contributed by atoms with Crippen LogP contribution in [0.4, 0.5) is 8.78 Å². The second-order valence-electron chi connectivity index (χ2n) is 10.8. The van der Waals surface area contributed by atoms with Gasteiger partial charge in [0, 0.05) is 31.7 Å². The number of sulfonamides is 2. The van der Waals surface area contributed by atoms with Gasteiger partial charge in [0.2, 0.25) is 26.0 Å². The highest BCUT2D eigenvalue weighted by atomic mass is 32.2. The Morgan fingerprint density at radius 3 is 1.83 bits per heavy atom. The number of amides is 1. The van der Waals surface area contributed by atoms with Gasteiger partial charge in [-0.2, -0.15) is 8.61 Å². The van der Waals surface area contributed by atoms with Crippen LogP contribution in [0.25, 0.3) is 0 Å². The fourth-order valence-corrected chi connectivity index (χ4v) is 8.30. The van der Waals surface area contributed by atoms with Crippen LogP contribution in [-0.4, -0.2) is 68.0 Å². The molecule has 1 amide bonds. The molecule has 0 unspecified atom stereocenters. The molecule has 2 aliphatic rings. The number of nitrogens with zero attached hydrogens (tertiary/aromatic N) is 3. The van der Waals surface area contributed by atoms with Crippen molar-refractivity contribution in [3.8, 4) is 0 Å². The van der Waals surface area contributed by atoms with Crippen molar-refractivity contribution in [2.24, 2.45) is 0 Å². The molecular weight excluding hydrogens is 584 g/mol. The van der Waals surface area contributed by atoms with Crippen LogP contribution in [0.15, 0.2) is 82.6 Å². The summed E-state index contributed by atoms with van der Waals surface area (Å²) in [6.45, 7) is 1.90. The van der Waals surface area contributed by atoms with Crippen molar-refractivity contribution in [1.82, 2.24) is 13.5 Å². The minimum atomic E-state index is -3.93. The zero-order valence-electron chi connectivity index (χ0n) is 23.2. The second kappa shape index (κ2) is 12.2. The first-order chi connectivity index (χ1) is 19.9. The van der Waals surface area contributed by atoms with Gasteiger partial charge in [0.05, 0.1) is 16.3 Å². The molecule has 3 aromatic carbocycles. The molecule has 2 fully saturated rings. The van der Waals surface area contributed by atoms with Gasteiger partial charge in [-0.25, -0.2) is 25.6 Å². The highest BCUT2D eigenvalue weighted by molar-refractivity contribution is 7.89. The van der Waals surface area contributed by atoms with Gasteiger partial charge in [0.1, 0.15) is 11.6 Å². The topological polar surface area (TPSA) is 95.1 Å². The molecule has 1 aliphatic carbocycles. The van der Waals surface area contributed by atoms with Crippen molar-refractivity contribution in [2.45, 2.75) is 61.0 Å². The van der Waals surface area contributed by atoms with Crippen molar-refractivity contribution < 1.29 is 30.4 Å². The molecule has 42 heavy (non-hydrogen) atoms. The predicted molar refractivity (Wildman–Crippen MR) is 153 cm³/mol. The summed E-state index contributed by atoms with van der Waals surface area (Å²) in [5, 5.41) is 0. The number of carbonyl (C=O) groups is 1. The Labute approximate surface area is 245 Å². The summed E-state index contributed by atoms with van der Waals surface area (Å²) < 4.78 is 83.0. The number of aryl methyl sites for hydroxylation is 1. The van der Waals surface area contributed by atoms with E-state index in [2.05, 4.69) is 0 Å². The summed E-state index contributed by atoms with van der Waals surface area (Å²) in [5.74, 6) is -1.35. The maximum Gasteiger partial charge on any atom is 0.243 e. The lowest BCUT2D eigenvalue weighted by Gasteiger charge is -2.39. The van der Waals surface area contributed by atoms with Crippen LogP contribution in [0.3, 0.4) is 0 Å². The Balaban J connectivity index is 1.36. The molecule has 3 aromatic rings. The molecule has 0 radical (unpaired) electrons. The van der Waals surface area contributed by atoms with E-state index in [1.165, 1.54) is 45.0 Å². The minimum Gasteiger partial charge on any atom is -0.334 e. The van der Waals surface area contributed by atoms with E-state index in [4.69, 9.17) is 0 Å². The van der Waals surface area contributed by atoms with Gasteiger partial charge in [-0.05, 0) is 86.7 Å². The first kappa shape index (κ1) is 30.3. The molecule has 1 aliphatic heterocycles. The number of halogens is 2. The van der Waals surface area contributed by atoms with E-state index < -0.39 is 37.6 Å². The molecule has 0 atom stereocenters. The standard InChI is InChI=1S/C30H33F2N3O5S2/c1-22-2-12-29(13-3-22)42(39,40)35(27-10-11-27)21-30(36)34(20-23-4-6-24(31)7-5-23)26-16-18-33(19-17-26)41(37,38)28-14-8-25(32)9-15-28/h2-9,12-15,26-27H,10-11,16-21H2,1H3. The molecule has 0 N–H and O–H groups in total. The molecule has 1 heterocycles. The first-order valence-corrected chi connectivity index (χ1v) is 16.7. The lowest BCUT2D eigenvalue weighted by molar-refractivity contribution is -0.135. The van der Waals surface area contributed by atoms with Crippen LogP contribution >= 0.6 is 0 Å². The summed E-state index contributed by atoms with van der Waals surface area (Å²) in [6, 6.07) is 16.3. The minimum absolute atomic E-state index is 0.0111. The molecule has 5 rings (SSSR count). The Kier molecular flexibility index (Phi) is 8.79. The van der Waals surface area contributed by atoms with Crippen molar-refractivity contribution in [2.75, 3.05) is 19.6 Å². The van der Waals surface area contributed by atoms with Crippen LogP contribution in [0.1, 0.15) is 36.8 Å². The average molecular weight is 618 g/mol. The van der Waals surface area contributed by atoms with Crippen molar-refractivity contribution >= 4 is 26.0 Å². The van der Waals surface area contributed by atoms with Crippen molar-refractivity contribution in [3.05, 3.63) is 95.6 Å². The van der Waals surface area contributed by atoms with Gasteiger partial charge in [-0.1, -0.05) is 29.8 Å². The van der Waals surface area contributed by atoms with Crippen LogP contribution in [-0.2, 0) is 31.4 Å². The lowest BCUT2D eigenvalue weighted by Crippen LogP contribution is -2.51. The molecule has 1 saturated heterocycles. The third-order valence-electron chi connectivity index (χ3n) is 7.77. The number of rotatable bonds is 10. The van der Waals surface area contributed by atoms with E-state index in [1.807, 2.05) is 6.92 Å². The fourth-order valence-electron chi connectivity index (χ4n) is 5.20. The zero-order chi connectivity index (χ0) is 30.1. The summed E-state index contributed by atoms with van der Waals surface area (Å²) >= 11 is 0. The Morgan fingerprint density at radius 1 is 0.762 bits per heavy atom. The average Bonchev–Trinajstić information content (AvgIpc) is 3.81. The van der Waals surface area contributed by atoms with Gasteiger partial charge in [0.15, 0.2) is 0 Å². The highest BCUT2D eigenvalue weighted by Crippen LogP contribution is 2.33. The smallest absolute Gasteiger partial charge is 0.243 e. The molecule has 12 heteroatoms. The molecule has 8 nitrogen and oxygen atoms in total. The van der Waals surface area contributed by atoms with Crippen LogP contribution in [0.5, 0.6) is 0 Å². The molecule has 0 spiro atoms. The van der Waals surface area contributed by atoms with E-state index in [0.717, 1.165) is 17.7 Å². The first-order valence-electron chi connectivity index (χ1n) is 13.8. The van der Waals surface area contributed by atoms with Crippen molar-refractivity contribution in [3.63, 3.8) is 0 Å². The SMILES string of the molecule is Cc1ccc(S(=O)(=O)N(CC(=O)N(Cc2ccc(F)cc2)C2CCN(S(=O)(=O)c3ccc(F)cc3)CC2)C2CC2)cc1. The zero-order valence-corrected chi connectivity index (χ0v) is 24.8. The molecule has 0 aromatic heterocycles. The second-order valence-corrected chi connectivity index (χ2v) is 14.7. The fraction of sp³-hybridized carbons (Fsp3) is 0.367. The Hall–Kier alpha value is -3.19. The van der Waals surface area contributed by atoms with Gasteiger partial charge in [-0.15, -0.1) is 0 Å². The van der Waals surface area contributed by atoms with Gasteiger partial charge >= 0.3 is 0 Å². The lowest BCUT2D eigenvalue weighted by atomic mass is 10.0. The van der Waals surface area contributed by atoms with Gasteiger partial charge in [-0.3, -0.25) is 4.79 Å². The van der Waals surface area contributed by atoms with Crippen LogP contribution in [0.2, 0.25) is 0 Å². The third kappa shape index (κ3) is 6.72. The Morgan fingerprint density at radius 2 is 1.29 bits per heavy atom. The number of hydrogen-bond acceptors (Lipinski definition) is 5. The number of benzene rings is 3. The maximum absolute atomic E-state index is 13.9. The number of piperidine rings is 1. The predicted octanol–water partition coefficient (Wildman–Crippen LogP) is 4.31. The molecule has 224 valence electrons. The van der Waals surface area contributed by atoms with Crippen molar-refractivity contribution in [1.29, 1.82) is 0 Å². The number of hydrogen-bond donors (Lipinski definition) is 0. The van der Waals surface area contributed by atoms with Crippen LogP contribution in [0, 0.1) is 18.6 Å². The van der Waals surface area contributed by atoms with E-state index in [9.17, 15) is 30.4 Å². The van der Waals surface area contributed by atoms with E-state index in [0.29, 0.717) is 31.2 Å². The largest absolute Gasteiger partial charge is 0.334 e. The summed E-state index contributed by atoms with van der Waals surface area (Å²) in [6.07, 6.45) is 1.97.